The van der Waals surface area contributed by atoms with Crippen molar-refractivity contribution in [2.45, 2.75) is 38.6 Å². The highest BCUT2D eigenvalue weighted by Gasteiger charge is 2.18. The highest BCUT2D eigenvalue weighted by molar-refractivity contribution is 5.99. The lowest BCUT2D eigenvalue weighted by atomic mass is 10.1. The SMILES string of the molecule is O=C(NCc1ccc(F)cc1)c1cnn2c3c(cnc12)CCCCC3. The predicted octanol–water partition coefficient (Wildman–Crippen LogP) is 3.07. The Kier molecular flexibility index (Phi) is 4.17. The van der Waals surface area contributed by atoms with Crippen LogP contribution in [0.1, 0.15) is 46.4 Å². The van der Waals surface area contributed by atoms with Crippen LogP contribution in [0.2, 0.25) is 0 Å². The molecule has 3 aromatic rings. The van der Waals surface area contributed by atoms with Gasteiger partial charge in [-0.1, -0.05) is 18.6 Å². The van der Waals surface area contributed by atoms with Gasteiger partial charge in [0.15, 0.2) is 5.65 Å². The van der Waals surface area contributed by atoms with E-state index in [-0.39, 0.29) is 11.7 Å². The van der Waals surface area contributed by atoms with Gasteiger partial charge >= 0.3 is 0 Å². The van der Waals surface area contributed by atoms with E-state index in [1.807, 2.05) is 10.7 Å². The first-order chi connectivity index (χ1) is 12.2. The second-order valence-electron chi connectivity index (χ2n) is 6.39. The summed E-state index contributed by atoms with van der Waals surface area (Å²) >= 11 is 0. The van der Waals surface area contributed by atoms with Crippen LogP contribution < -0.4 is 5.32 Å². The molecule has 25 heavy (non-hydrogen) atoms. The topological polar surface area (TPSA) is 59.3 Å². The minimum absolute atomic E-state index is 0.222. The maximum atomic E-state index is 12.9. The monoisotopic (exact) mass is 338 g/mol. The summed E-state index contributed by atoms with van der Waals surface area (Å²) in [6.45, 7) is 0.335. The van der Waals surface area contributed by atoms with Gasteiger partial charge in [0.1, 0.15) is 11.4 Å². The van der Waals surface area contributed by atoms with Crippen molar-refractivity contribution in [3.05, 3.63) is 64.9 Å². The normalized spacial score (nSPS) is 14.1. The molecule has 5 nitrogen and oxygen atoms in total. The smallest absolute Gasteiger partial charge is 0.257 e. The lowest BCUT2D eigenvalue weighted by Crippen LogP contribution is -2.23. The summed E-state index contributed by atoms with van der Waals surface area (Å²) in [4.78, 5) is 17.0. The number of halogens is 1. The molecule has 128 valence electrons. The van der Waals surface area contributed by atoms with Crippen molar-refractivity contribution < 1.29 is 9.18 Å². The number of nitrogens with one attached hydrogen (secondary N) is 1. The van der Waals surface area contributed by atoms with E-state index in [4.69, 9.17) is 0 Å². The molecular weight excluding hydrogens is 319 g/mol. The summed E-state index contributed by atoms with van der Waals surface area (Å²) in [7, 11) is 0. The van der Waals surface area contributed by atoms with Gasteiger partial charge in [0.25, 0.3) is 5.91 Å². The number of aromatic nitrogens is 3. The molecule has 0 bridgehead atoms. The molecule has 1 aliphatic carbocycles. The standard InChI is InChI=1S/C19H19FN4O/c20-15-8-6-13(7-9-15)10-22-19(25)16-12-23-24-17-5-3-1-2-4-14(17)11-21-18(16)24/h6-9,11-12H,1-5,10H2,(H,22,25). The average Bonchev–Trinajstić information content (AvgIpc) is 2.91. The molecule has 1 amide bonds. The van der Waals surface area contributed by atoms with Crippen LogP contribution in [0.15, 0.2) is 36.7 Å². The first-order valence-corrected chi connectivity index (χ1v) is 8.59. The number of nitrogens with zero attached hydrogens (tertiary/aromatic N) is 3. The molecule has 1 aliphatic rings. The number of carbonyl (C=O) groups is 1. The van der Waals surface area contributed by atoms with Gasteiger partial charge in [0.05, 0.1) is 6.20 Å². The quantitative estimate of drug-likeness (QED) is 0.747. The largest absolute Gasteiger partial charge is 0.348 e. The molecular formula is C19H19FN4O. The van der Waals surface area contributed by atoms with E-state index in [2.05, 4.69) is 15.4 Å². The third-order valence-corrected chi connectivity index (χ3v) is 4.68. The number of hydrogen-bond donors (Lipinski definition) is 1. The van der Waals surface area contributed by atoms with Crippen LogP contribution in [-0.2, 0) is 19.4 Å². The minimum atomic E-state index is -0.289. The zero-order valence-electron chi connectivity index (χ0n) is 13.8. The third kappa shape index (κ3) is 3.12. The van der Waals surface area contributed by atoms with E-state index in [1.165, 1.54) is 36.2 Å². The van der Waals surface area contributed by atoms with Crippen LogP contribution in [0, 0.1) is 5.82 Å². The molecule has 4 rings (SSSR count). The third-order valence-electron chi connectivity index (χ3n) is 4.68. The van der Waals surface area contributed by atoms with E-state index in [0.717, 1.165) is 24.8 Å². The Bertz CT molecular complexity index is 917. The van der Waals surface area contributed by atoms with Crippen molar-refractivity contribution in [2.75, 3.05) is 0 Å². The fraction of sp³-hybridized carbons (Fsp3) is 0.316. The van der Waals surface area contributed by atoms with Gasteiger partial charge in [0, 0.05) is 18.4 Å². The zero-order chi connectivity index (χ0) is 17.2. The number of amides is 1. The molecule has 1 aromatic carbocycles. The maximum absolute atomic E-state index is 12.9. The first kappa shape index (κ1) is 15.7. The molecule has 2 aromatic heterocycles. The number of rotatable bonds is 3. The van der Waals surface area contributed by atoms with E-state index in [9.17, 15) is 9.18 Å². The number of aryl methyl sites for hydroxylation is 2. The Balaban J connectivity index is 1.57. The van der Waals surface area contributed by atoms with Crippen LogP contribution in [0.5, 0.6) is 0 Å². The summed E-state index contributed by atoms with van der Waals surface area (Å²) in [6, 6.07) is 6.08. The highest BCUT2D eigenvalue weighted by atomic mass is 19.1. The Morgan fingerprint density at radius 2 is 1.92 bits per heavy atom. The summed E-state index contributed by atoms with van der Waals surface area (Å²) in [5.74, 6) is -0.511. The van der Waals surface area contributed by atoms with E-state index in [1.54, 1.807) is 18.3 Å². The number of hydrogen-bond acceptors (Lipinski definition) is 3. The second kappa shape index (κ2) is 6.63. The molecule has 0 unspecified atom stereocenters. The Morgan fingerprint density at radius 3 is 2.76 bits per heavy atom. The van der Waals surface area contributed by atoms with Gasteiger partial charge in [-0.05, 0) is 48.9 Å². The Morgan fingerprint density at radius 1 is 1.12 bits per heavy atom. The van der Waals surface area contributed by atoms with Gasteiger partial charge in [-0.3, -0.25) is 4.79 Å². The Labute approximate surface area is 144 Å². The maximum Gasteiger partial charge on any atom is 0.257 e. The van der Waals surface area contributed by atoms with Crippen LogP contribution in [0.4, 0.5) is 4.39 Å². The Hall–Kier alpha value is -2.76. The lowest BCUT2D eigenvalue weighted by Gasteiger charge is -2.08. The molecule has 0 aliphatic heterocycles. The van der Waals surface area contributed by atoms with Crippen LogP contribution >= 0.6 is 0 Å². The molecule has 6 heteroatoms. The number of benzene rings is 1. The first-order valence-electron chi connectivity index (χ1n) is 8.59. The number of fused-ring (bicyclic) bond motifs is 3. The fourth-order valence-electron chi connectivity index (χ4n) is 3.31. The van der Waals surface area contributed by atoms with Crippen LogP contribution in [-0.4, -0.2) is 20.5 Å². The van der Waals surface area contributed by atoms with E-state index in [0.29, 0.717) is 17.8 Å². The van der Waals surface area contributed by atoms with Gasteiger partial charge in [-0.15, -0.1) is 0 Å². The molecule has 2 heterocycles. The summed E-state index contributed by atoms with van der Waals surface area (Å²) in [5.41, 5.74) is 4.30. The average molecular weight is 338 g/mol. The molecule has 0 saturated heterocycles. The van der Waals surface area contributed by atoms with Gasteiger partial charge in [-0.25, -0.2) is 13.9 Å². The predicted molar refractivity (Wildman–Crippen MR) is 91.8 cm³/mol. The van der Waals surface area contributed by atoms with Crippen molar-refractivity contribution in [2.24, 2.45) is 0 Å². The summed E-state index contributed by atoms with van der Waals surface area (Å²) in [6.07, 6.45) is 8.96. The van der Waals surface area contributed by atoms with Crippen LogP contribution in [0.3, 0.4) is 0 Å². The van der Waals surface area contributed by atoms with Crippen molar-refractivity contribution in [3.63, 3.8) is 0 Å². The zero-order valence-corrected chi connectivity index (χ0v) is 13.8. The molecule has 1 N–H and O–H groups in total. The van der Waals surface area contributed by atoms with Crippen LogP contribution in [0.25, 0.3) is 5.65 Å². The second-order valence-corrected chi connectivity index (χ2v) is 6.39. The summed E-state index contributed by atoms with van der Waals surface area (Å²) in [5, 5.41) is 7.26. The van der Waals surface area contributed by atoms with E-state index >= 15 is 0 Å². The number of carbonyl (C=O) groups excluding carboxylic acids is 1. The molecule has 0 atom stereocenters. The van der Waals surface area contributed by atoms with Crippen molar-refractivity contribution >= 4 is 11.6 Å². The van der Waals surface area contributed by atoms with E-state index < -0.39 is 0 Å². The van der Waals surface area contributed by atoms with Gasteiger partial charge in [0.2, 0.25) is 0 Å². The highest BCUT2D eigenvalue weighted by Crippen LogP contribution is 2.21. The lowest BCUT2D eigenvalue weighted by molar-refractivity contribution is 0.0952. The molecule has 0 spiro atoms. The molecule has 0 fully saturated rings. The van der Waals surface area contributed by atoms with Gasteiger partial charge < -0.3 is 5.32 Å². The van der Waals surface area contributed by atoms with Crippen molar-refractivity contribution in [1.29, 1.82) is 0 Å². The minimum Gasteiger partial charge on any atom is -0.348 e. The van der Waals surface area contributed by atoms with Crippen molar-refractivity contribution in [1.82, 2.24) is 19.9 Å². The molecule has 0 radical (unpaired) electrons. The fourth-order valence-corrected chi connectivity index (χ4v) is 3.31. The molecule has 0 saturated carbocycles. The van der Waals surface area contributed by atoms with Gasteiger partial charge in [-0.2, -0.15) is 5.10 Å². The summed E-state index contributed by atoms with van der Waals surface area (Å²) < 4.78 is 14.8. The van der Waals surface area contributed by atoms with Crippen molar-refractivity contribution in [3.8, 4) is 0 Å².